The van der Waals surface area contributed by atoms with Gasteiger partial charge in [0.2, 0.25) is 0 Å². The minimum atomic E-state index is 0.832. The molecule has 0 atom stereocenters. The first kappa shape index (κ1) is 17.7. The number of aromatic nitrogens is 2. The van der Waals surface area contributed by atoms with Gasteiger partial charge in [0.1, 0.15) is 11.6 Å². The van der Waals surface area contributed by atoms with Crippen molar-refractivity contribution in [2.75, 3.05) is 10.6 Å². The Morgan fingerprint density at radius 3 is 1.36 bits per heavy atom. The Morgan fingerprint density at radius 1 is 0.500 bits per heavy atom. The highest BCUT2D eigenvalue weighted by Gasteiger charge is 2.10. The van der Waals surface area contributed by atoms with Gasteiger partial charge < -0.3 is 10.6 Å². The van der Waals surface area contributed by atoms with Gasteiger partial charge in [-0.1, -0.05) is 48.5 Å². The van der Waals surface area contributed by atoms with E-state index in [-0.39, 0.29) is 0 Å². The molecule has 28 heavy (non-hydrogen) atoms. The number of aryl methyl sites for hydroxylation is 2. The van der Waals surface area contributed by atoms with Crippen LogP contribution < -0.4 is 10.6 Å². The van der Waals surface area contributed by atoms with Gasteiger partial charge in [-0.25, -0.2) is 9.97 Å². The minimum absolute atomic E-state index is 0.832. The van der Waals surface area contributed by atoms with Crippen molar-refractivity contribution in [1.82, 2.24) is 9.97 Å². The Hall–Kier alpha value is -3.66. The molecule has 4 heteroatoms. The standard InChI is InChI=1S/C24H22N4/c1-17-9-7-15-23(25-17)27-21-13-5-3-11-19(21)20-12-4-6-14-22(20)28-24-16-8-10-18(2)26-24/h3-16H,1-2H3,(H,25,27)(H,26,28). The van der Waals surface area contributed by atoms with Gasteiger partial charge in [-0.15, -0.1) is 0 Å². The van der Waals surface area contributed by atoms with Crippen molar-refractivity contribution in [2.45, 2.75) is 13.8 Å². The SMILES string of the molecule is Cc1cccc(Nc2ccccc2-c2ccccc2Nc2cccc(C)n2)n1. The van der Waals surface area contributed by atoms with E-state index >= 15 is 0 Å². The number of nitrogens with zero attached hydrogens (tertiary/aromatic N) is 2. The molecular weight excluding hydrogens is 344 g/mol. The molecule has 4 nitrogen and oxygen atoms in total. The molecule has 0 amide bonds. The van der Waals surface area contributed by atoms with Gasteiger partial charge in [-0.05, 0) is 50.2 Å². The van der Waals surface area contributed by atoms with Crippen LogP contribution in [0.4, 0.5) is 23.0 Å². The monoisotopic (exact) mass is 366 g/mol. The van der Waals surface area contributed by atoms with Gasteiger partial charge in [-0.2, -0.15) is 0 Å². The molecule has 0 aliphatic heterocycles. The lowest BCUT2D eigenvalue weighted by atomic mass is 10.0. The van der Waals surface area contributed by atoms with E-state index < -0.39 is 0 Å². The Bertz CT molecular complexity index is 1020. The van der Waals surface area contributed by atoms with Crippen LogP contribution in [0.25, 0.3) is 11.1 Å². The van der Waals surface area contributed by atoms with Gasteiger partial charge in [0.05, 0.1) is 0 Å². The molecule has 0 saturated carbocycles. The normalized spacial score (nSPS) is 10.5. The predicted octanol–water partition coefficient (Wildman–Crippen LogP) is 6.25. The van der Waals surface area contributed by atoms with Gasteiger partial charge in [0.25, 0.3) is 0 Å². The topological polar surface area (TPSA) is 49.8 Å². The molecule has 4 aromatic rings. The number of nitrogens with one attached hydrogen (secondary N) is 2. The third-order valence-electron chi connectivity index (χ3n) is 4.45. The van der Waals surface area contributed by atoms with Crippen LogP contribution in [0.2, 0.25) is 0 Å². The van der Waals surface area contributed by atoms with Crippen molar-refractivity contribution < 1.29 is 0 Å². The summed E-state index contributed by atoms with van der Waals surface area (Å²) >= 11 is 0. The van der Waals surface area contributed by atoms with Crippen LogP contribution in [-0.4, -0.2) is 9.97 Å². The van der Waals surface area contributed by atoms with E-state index in [1.165, 1.54) is 0 Å². The smallest absolute Gasteiger partial charge is 0.130 e. The highest BCUT2D eigenvalue weighted by Crippen LogP contribution is 2.35. The quantitative estimate of drug-likeness (QED) is 0.438. The van der Waals surface area contributed by atoms with Crippen LogP contribution in [0.3, 0.4) is 0 Å². The van der Waals surface area contributed by atoms with Crippen LogP contribution in [-0.2, 0) is 0 Å². The molecular formula is C24H22N4. The number of pyridine rings is 2. The van der Waals surface area contributed by atoms with Crippen LogP contribution in [0.5, 0.6) is 0 Å². The average molecular weight is 366 g/mol. The Labute approximate surface area is 165 Å². The lowest BCUT2D eigenvalue weighted by Gasteiger charge is -2.16. The molecule has 0 spiro atoms. The molecule has 2 heterocycles. The van der Waals surface area contributed by atoms with E-state index in [4.69, 9.17) is 0 Å². The maximum Gasteiger partial charge on any atom is 0.130 e. The van der Waals surface area contributed by atoms with E-state index in [2.05, 4.69) is 44.9 Å². The molecule has 4 rings (SSSR count). The lowest BCUT2D eigenvalue weighted by Crippen LogP contribution is -1.99. The van der Waals surface area contributed by atoms with E-state index in [0.717, 1.165) is 45.5 Å². The second kappa shape index (κ2) is 7.92. The zero-order chi connectivity index (χ0) is 19.3. The molecule has 0 aliphatic rings. The fourth-order valence-electron chi connectivity index (χ4n) is 3.16. The molecule has 2 aromatic carbocycles. The second-order valence-corrected chi connectivity index (χ2v) is 6.67. The summed E-state index contributed by atoms with van der Waals surface area (Å²) in [6, 6.07) is 28.5. The molecule has 0 aliphatic carbocycles. The Kier molecular flexibility index (Phi) is 5.02. The second-order valence-electron chi connectivity index (χ2n) is 6.67. The third kappa shape index (κ3) is 4.01. The summed E-state index contributed by atoms with van der Waals surface area (Å²) in [7, 11) is 0. The Morgan fingerprint density at radius 2 is 0.929 bits per heavy atom. The first-order chi connectivity index (χ1) is 13.7. The molecule has 0 unspecified atom stereocenters. The molecule has 0 bridgehead atoms. The summed E-state index contributed by atoms with van der Waals surface area (Å²) in [6.07, 6.45) is 0. The van der Waals surface area contributed by atoms with Crippen LogP contribution in [0, 0.1) is 13.8 Å². The molecule has 2 aromatic heterocycles. The highest BCUT2D eigenvalue weighted by atomic mass is 15.0. The van der Waals surface area contributed by atoms with Crippen molar-refractivity contribution in [2.24, 2.45) is 0 Å². The number of hydrogen-bond acceptors (Lipinski definition) is 4. The first-order valence-corrected chi connectivity index (χ1v) is 9.29. The van der Waals surface area contributed by atoms with E-state index in [9.17, 15) is 0 Å². The van der Waals surface area contributed by atoms with Crippen molar-refractivity contribution in [3.63, 3.8) is 0 Å². The lowest BCUT2D eigenvalue weighted by molar-refractivity contribution is 1.20. The molecule has 0 fully saturated rings. The Balaban J connectivity index is 1.72. The summed E-state index contributed by atoms with van der Waals surface area (Å²) < 4.78 is 0. The molecule has 0 radical (unpaired) electrons. The molecule has 0 saturated heterocycles. The number of rotatable bonds is 5. The summed E-state index contributed by atoms with van der Waals surface area (Å²) in [6.45, 7) is 3.98. The predicted molar refractivity (Wildman–Crippen MR) is 116 cm³/mol. The van der Waals surface area contributed by atoms with Gasteiger partial charge in [-0.3, -0.25) is 0 Å². The zero-order valence-corrected chi connectivity index (χ0v) is 16.0. The maximum atomic E-state index is 4.57. The van der Waals surface area contributed by atoms with Crippen molar-refractivity contribution >= 4 is 23.0 Å². The number of hydrogen-bond donors (Lipinski definition) is 2. The number of benzene rings is 2. The first-order valence-electron chi connectivity index (χ1n) is 9.29. The molecule has 138 valence electrons. The van der Waals surface area contributed by atoms with Gasteiger partial charge >= 0.3 is 0 Å². The number of para-hydroxylation sites is 2. The van der Waals surface area contributed by atoms with E-state index in [1.807, 2.05) is 74.5 Å². The largest absolute Gasteiger partial charge is 0.340 e. The van der Waals surface area contributed by atoms with Crippen molar-refractivity contribution in [1.29, 1.82) is 0 Å². The van der Waals surface area contributed by atoms with Crippen molar-refractivity contribution in [3.8, 4) is 11.1 Å². The molecule has 2 N–H and O–H groups in total. The van der Waals surface area contributed by atoms with Gasteiger partial charge in [0.15, 0.2) is 0 Å². The van der Waals surface area contributed by atoms with Gasteiger partial charge in [0, 0.05) is 33.9 Å². The summed E-state index contributed by atoms with van der Waals surface area (Å²) in [5, 5.41) is 6.92. The number of anilines is 4. The fourth-order valence-corrected chi connectivity index (χ4v) is 3.16. The third-order valence-corrected chi connectivity index (χ3v) is 4.45. The van der Waals surface area contributed by atoms with E-state index in [1.54, 1.807) is 0 Å². The van der Waals surface area contributed by atoms with Crippen LogP contribution in [0.15, 0.2) is 84.9 Å². The highest BCUT2D eigenvalue weighted by molar-refractivity contribution is 5.88. The minimum Gasteiger partial charge on any atom is -0.340 e. The van der Waals surface area contributed by atoms with Crippen LogP contribution in [0.1, 0.15) is 11.4 Å². The van der Waals surface area contributed by atoms with Crippen molar-refractivity contribution in [3.05, 3.63) is 96.3 Å². The zero-order valence-electron chi connectivity index (χ0n) is 16.0. The van der Waals surface area contributed by atoms with Crippen LogP contribution >= 0.6 is 0 Å². The summed E-state index contributed by atoms with van der Waals surface area (Å²) in [4.78, 5) is 9.13. The maximum absolute atomic E-state index is 4.57. The summed E-state index contributed by atoms with van der Waals surface area (Å²) in [5.74, 6) is 1.66. The average Bonchev–Trinajstić information content (AvgIpc) is 2.69. The summed E-state index contributed by atoms with van der Waals surface area (Å²) in [5.41, 5.74) is 6.17. The van der Waals surface area contributed by atoms with E-state index in [0.29, 0.717) is 0 Å². The fraction of sp³-hybridized carbons (Fsp3) is 0.0833.